The predicted molar refractivity (Wildman–Crippen MR) is 124 cm³/mol. The van der Waals surface area contributed by atoms with Crippen molar-refractivity contribution in [2.75, 3.05) is 13.7 Å². The van der Waals surface area contributed by atoms with E-state index in [1.165, 1.54) is 0 Å². The third kappa shape index (κ3) is 3.52. The fourth-order valence-corrected chi connectivity index (χ4v) is 8.26. The SMILES string of the molecule is CCCC(C)NC(=O)C1N([C@H](CO)c2ccccc2)C(=O)[C@@H]2[C@H](C(=O)NC)[C@@H]3CCC12S3. The van der Waals surface area contributed by atoms with Crippen LogP contribution in [0.2, 0.25) is 0 Å². The maximum atomic E-state index is 13.9. The van der Waals surface area contributed by atoms with E-state index in [9.17, 15) is 19.5 Å². The first-order valence-corrected chi connectivity index (χ1v) is 12.4. The lowest BCUT2D eigenvalue weighted by Crippen LogP contribution is -2.56. The Morgan fingerprint density at radius 3 is 2.62 bits per heavy atom. The van der Waals surface area contributed by atoms with Gasteiger partial charge in [-0.15, -0.1) is 11.8 Å². The van der Waals surface area contributed by atoms with Crippen LogP contribution in [0.15, 0.2) is 30.3 Å². The first kappa shape index (κ1) is 23.1. The number of likely N-dealkylation sites (tertiary alicyclic amines) is 1. The van der Waals surface area contributed by atoms with E-state index in [4.69, 9.17) is 0 Å². The summed E-state index contributed by atoms with van der Waals surface area (Å²) < 4.78 is -0.642. The molecule has 32 heavy (non-hydrogen) atoms. The summed E-state index contributed by atoms with van der Waals surface area (Å²) in [6.07, 6.45) is 3.32. The summed E-state index contributed by atoms with van der Waals surface area (Å²) in [7, 11) is 1.60. The lowest BCUT2D eigenvalue weighted by Gasteiger charge is -2.37. The van der Waals surface area contributed by atoms with Crippen LogP contribution in [0.3, 0.4) is 0 Å². The molecule has 4 rings (SSSR count). The number of nitrogens with zero attached hydrogens (tertiary/aromatic N) is 1. The zero-order chi connectivity index (χ0) is 23.0. The highest BCUT2D eigenvalue weighted by Crippen LogP contribution is 2.67. The Morgan fingerprint density at radius 1 is 1.28 bits per heavy atom. The van der Waals surface area contributed by atoms with E-state index in [-0.39, 0.29) is 35.6 Å². The molecule has 7 atom stereocenters. The summed E-state index contributed by atoms with van der Waals surface area (Å²) in [6, 6.07) is 7.99. The van der Waals surface area contributed by atoms with Crippen LogP contribution in [0, 0.1) is 11.8 Å². The van der Waals surface area contributed by atoms with E-state index in [1.54, 1.807) is 23.7 Å². The summed E-state index contributed by atoms with van der Waals surface area (Å²) >= 11 is 1.64. The van der Waals surface area contributed by atoms with E-state index in [1.807, 2.05) is 37.3 Å². The van der Waals surface area contributed by atoms with Gasteiger partial charge in [0, 0.05) is 18.3 Å². The Hall–Kier alpha value is -2.06. The Kier molecular flexibility index (Phi) is 6.54. The number of thioether (sulfide) groups is 1. The van der Waals surface area contributed by atoms with Gasteiger partial charge in [-0.25, -0.2) is 0 Å². The van der Waals surface area contributed by atoms with Crippen molar-refractivity contribution in [3.63, 3.8) is 0 Å². The van der Waals surface area contributed by atoms with E-state index in [0.717, 1.165) is 31.2 Å². The van der Waals surface area contributed by atoms with Crippen LogP contribution < -0.4 is 10.6 Å². The van der Waals surface area contributed by atoms with E-state index < -0.39 is 28.7 Å². The van der Waals surface area contributed by atoms with Crippen molar-refractivity contribution in [3.8, 4) is 0 Å². The molecule has 3 aliphatic heterocycles. The molecule has 174 valence electrons. The maximum Gasteiger partial charge on any atom is 0.244 e. The number of carbonyl (C=O) groups is 3. The van der Waals surface area contributed by atoms with E-state index >= 15 is 0 Å². The Balaban J connectivity index is 1.78. The van der Waals surface area contributed by atoms with Gasteiger partial charge in [-0.3, -0.25) is 14.4 Å². The molecule has 1 aromatic carbocycles. The maximum absolute atomic E-state index is 13.9. The van der Waals surface area contributed by atoms with Crippen LogP contribution in [-0.2, 0) is 14.4 Å². The van der Waals surface area contributed by atoms with Crippen molar-refractivity contribution in [2.24, 2.45) is 11.8 Å². The molecule has 0 aliphatic carbocycles. The van der Waals surface area contributed by atoms with Gasteiger partial charge in [-0.1, -0.05) is 43.7 Å². The van der Waals surface area contributed by atoms with Crippen molar-refractivity contribution in [1.29, 1.82) is 0 Å². The summed E-state index contributed by atoms with van der Waals surface area (Å²) in [5.74, 6) is -1.51. The Bertz CT molecular complexity index is 881. The number of aliphatic hydroxyl groups excluding tert-OH is 1. The Morgan fingerprint density at radius 2 is 2.00 bits per heavy atom. The number of hydrogen-bond acceptors (Lipinski definition) is 5. The summed E-state index contributed by atoms with van der Waals surface area (Å²) in [5, 5.41) is 16.3. The molecule has 2 bridgehead atoms. The number of aliphatic hydroxyl groups is 1. The molecule has 0 radical (unpaired) electrons. The first-order chi connectivity index (χ1) is 15.4. The predicted octanol–water partition coefficient (Wildman–Crippen LogP) is 1.86. The number of fused-ring (bicyclic) bond motifs is 1. The third-order valence-corrected chi connectivity index (χ3v) is 9.29. The number of amides is 3. The molecule has 3 N–H and O–H groups in total. The van der Waals surface area contributed by atoms with Gasteiger partial charge in [0.1, 0.15) is 6.04 Å². The van der Waals surface area contributed by atoms with Crippen LogP contribution >= 0.6 is 11.8 Å². The van der Waals surface area contributed by atoms with Gasteiger partial charge in [0.25, 0.3) is 0 Å². The lowest BCUT2D eigenvalue weighted by atomic mass is 9.70. The lowest BCUT2D eigenvalue weighted by molar-refractivity contribution is -0.143. The van der Waals surface area contributed by atoms with Crippen LogP contribution in [-0.4, -0.2) is 63.5 Å². The van der Waals surface area contributed by atoms with Gasteiger partial charge in [-0.05, 0) is 31.7 Å². The van der Waals surface area contributed by atoms with Crippen molar-refractivity contribution in [3.05, 3.63) is 35.9 Å². The molecule has 0 saturated carbocycles. The number of rotatable bonds is 8. The molecular weight excluding hydrogens is 426 g/mol. The Labute approximate surface area is 193 Å². The average Bonchev–Trinajstić information content (AvgIpc) is 3.42. The topological polar surface area (TPSA) is 98.7 Å². The highest BCUT2D eigenvalue weighted by atomic mass is 32.2. The molecule has 3 heterocycles. The molecule has 3 fully saturated rings. The summed E-state index contributed by atoms with van der Waals surface area (Å²) in [6.45, 7) is 3.76. The average molecular weight is 460 g/mol. The van der Waals surface area contributed by atoms with E-state index in [2.05, 4.69) is 17.6 Å². The van der Waals surface area contributed by atoms with Gasteiger partial charge in [0.15, 0.2) is 0 Å². The monoisotopic (exact) mass is 459 g/mol. The van der Waals surface area contributed by atoms with Crippen LogP contribution in [0.1, 0.15) is 51.1 Å². The fraction of sp³-hybridized carbons (Fsp3) is 0.625. The van der Waals surface area contributed by atoms with Crippen LogP contribution in [0.5, 0.6) is 0 Å². The molecule has 8 heteroatoms. The van der Waals surface area contributed by atoms with Crippen LogP contribution in [0.25, 0.3) is 0 Å². The standard InChI is InChI=1S/C24H33N3O4S/c1-4-8-14(2)26-22(30)20-24-12-11-17(32-24)18(21(29)25-3)19(24)23(31)27(20)16(13-28)15-9-6-5-7-10-15/h5-7,9-10,14,16-20,28H,4,8,11-13H2,1-3H3,(H,25,29)(H,26,30)/t14?,16-,17+,18-,19+,20?,24?/m1/s1. The molecule has 1 spiro atoms. The van der Waals surface area contributed by atoms with Gasteiger partial charge in [0.2, 0.25) is 17.7 Å². The van der Waals surface area contributed by atoms with Gasteiger partial charge < -0.3 is 20.6 Å². The van der Waals surface area contributed by atoms with Crippen LogP contribution in [0.4, 0.5) is 0 Å². The molecule has 3 saturated heterocycles. The molecule has 3 unspecified atom stereocenters. The van der Waals surface area contributed by atoms with Crippen molar-refractivity contribution >= 4 is 29.5 Å². The largest absolute Gasteiger partial charge is 0.394 e. The minimum absolute atomic E-state index is 0.0115. The highest BCUT2D eigenvalue weighted by Gasteiger charge is 2.74. The number of carbonyl (C=O) groups excluding carboxylic acids is 3. The third-order valence-electron chi connectivity index (χ3n) is 7.34. The van der Waals surface area contributed by atoms with Gasteiger partial charge in [0.05, 0.1) is 29.2 Å². The highest BCUT2D eigenvalue weighted by molar-refractivity contribution is 8.02. The molecule has 3 aliphatic rings. The fourth-order valence-electron chi connectivity index (χ4n) is 6.05. The molecule has 7 nitrogen and oxygen atoms in total. The molecule has 0 aromatic heterocycles. The smallest absolute Gasteiger partial charge is 0.244 e. The van der Waals surface area contributed by atoms with E-state index in [0.29, 0.717) is 0 Å². The zero-order valence-corrected chi connectivity index (χ0v) is 19.7. The van der Waals surface area contributed by atoms with Gasteiger partial charge >= 0.3 is 0 Å². The first-order valence-electron chi connectivity index (χ1n) is 11.6. The molecule has 3 amide bonds. The molecule has 1 aromatic rings. The normalized spacial score (nSPS) is 32.5. The number of benzene rings is 1. The second-order valence-electron chi connectivity index (χ2n) is 9.22. The van der Waals surface area contributed by atoms with Gasteiger partial charge in [-0.2, -0.15) is 0 Å². The second kappa shape index (κ2) is 9.06. The zero-order valence-electron chi connectivity index (χ0n) is 18.9. The quantitative estimate of drug-likeness (QED) is 0.551. The second-order valence-corrected chi connectivity index (χ2v) is 10.8. The van der Waals surface area contributed by atoms with Crippen molar-refractivity contribution in [2.45, 2.75) is 67.7 Å². The number of hydrogen-bond donors (Lipinski definition) is 3. The minimum Gasteiger partial charge on any atom is -0.394 e. The van der Waals surface area contributed by atoms with Crippen molar-refractivity contribution < 1.29 is 19.5 Å². The molecular formula is C24H33N3O4S. The van der Waals surface area contributed by atoms with Crippen molar-refractivity contribution in [1.82, 2.24) is 15.5 Å². The summed E-state index contributed by atoms with van der Waals surface area (Å²) in [5.41, 5.74) is 0.787. The summed E-state index contributed by atoms with van der Waals surface area (Å²) in [4.78, 5) is 42.0. The minimum atomic E-state index is -0.721. The number of nitrogens with one attached hydrogen (secondary N) is 2.